The monoisotopic (exact) mass is 492 g/mol. The van der Waals surface area contributed by atoms with Crippen LogP contribution in [-0.4, -0.2) is 33.4 Å². The topological polar surface area (TPSA) is 67.2 Å². The molecule has 2 bridgehead atoms. The van der Waals surface area contributed by atoms with Crippen molar-refractivity contribution in [1.82, 2.24) is 19.8 Å². The summed E-state index contributed by atoms with van der Waals surface area (Å²) in [6.07, 6.45) is 4.60. The lowest BCUT2D eigenvalue weighted by Crippen LogP contribution is -2.46. The lowest BCUT2D eigenvalue weighted by atomic mass is 9.84. The van der Waals surface area contributed by atoms with E-state index in [0.717, 1.165) is 36.3 Å². The molecule has 9 heteroatoms. The molecule has 5 heterocycles. The molecular weight excluding hydrogens is 467 g/mol. The standard InChI is InChI=1S/C23H24N4O2S.2ClH/c28-22(26(13-17-5-7-30-15-17)12-16-2-1-6-24-9-16)20-3-4-21-19-8-18(10-25-11-19)14-27(21)23(20)29;;/h1-7,9,15,18-19,25H,8,10-14H2;2*1H/t18-,19+;;/m0../s1. The highest BCUT2D eigenvalue weighted by Gasteiger charge is 2.32. The molecule has 1 amide bonds. The Labute approximate surface area is 203 Å². The third-order valence-corrected chi connectivity index (χ3v) is 6.81. The van der Waals surface area contributed by atoms with Crippen molar-refractivity contribution in [2.75, 3.05) is 13.1 Å². The van der Waals surface area contributed by atoms with Crippen LogP contribution in [0, 0.1) is 5.92 Å². The number of nitrogens with one attached hydrogen (secondary N) is 1. The van der Waals surface area contributed by atoms with Gasteiger partial charge in [0.25, 0.3) is 11.5 Å². The molecule has 1 N–H and O–H groups in total. The number of carbonyl (C=O) groups is 1. The van der Waals surface area contributed by atoms with Crippen LogP contribution >= 0.6 is 36.2 Å². The van der Waals surface area contributed by atoms with Crippen molar-refractivity contribution in [3.8, 4) is 0 Å². The number of thiophene rings is 1. The first kappa shape index (κ1) is 24.5. The van der Waals surface area contributed by atoms with Crippen molar-refractivity contribution in [2.24, 2.45) is 5.92 Å². The molecule has 2 atom stereocenters. The summed E-state index contributed by atoms with van der Waals surface area (Å²) in [5, 5.41) is 7.50. The summed E-state index contributed by atoms with van der Waals surface area (Å²) in [6.45, 7) is 3.40. The summed E-state index contributed by atoms with van der Waals surface area (Å²) in [6, 6.07) is 9.55. The van der Waals surface area contributed by atoms with Crippen LogP contribution in [0.5, 0.6) is 0 Å². The number of halogens is 2. The summed E-state index contributed by atoms with van der Waals surface area (Å²) in [5.41, 5.74) is 3.16. The van der Waals surface area contributed by atoms with Crippen LogP contribution in [-0.2, 0) is 19.6 Å². The smallest absolute Gasteiger partial charge is 0.263 e. The van der Waals surface area contributed by atoms with E-state index in [0.29, 0.717) is 31.5 Å². The van der Waals surface area contributed by atoms with Crippen LogP contribution in [0.15, 0.2) is 58.3 Å². The average Bonchev–Trinajstić information content (AvgIpc) is 3.28. The Hall–Kier alpha value is -2.19. The van der Waals surface area contributed by atoms with Gasteiger partial charge in [-0.1, -0.05) is 6.07 Å². The number of carbonyl (C=O) groups excluding carboxylic acids is 1. The molecule has 3 aromatic rings. The fourth-order valence-corrected chi connectivity index (χ4v) is 5.30. The quantitative estimate of drug-likeness (QED) is 0.589. The van der Waals surface area contributed by atoms with Crippen molar-refractivity contribution >= 4 is 42.1 Å². The van der Waals surface area contributed by atoms with Gasteiger partial charge < -0.3 is 14.8 Å². The summed E-state index contributed by atoms with van der Waals surface area (Å²) in [5.74, 6) is 0.586. The van der Waals surface area contributed by atoms with Gasteiger partial charge in [0.2, 0.25) is 0 Å². The zero-order valence-electron chi connectivity index (χ0n) is 17.5. The summed E-state index contributed by atoms with van der Waals surface area (Å²) >= 11 is 1.60. The van der Waals surface area contributed by atoms with Gasteiger partial charge in [0.15, 0.2) is 0 Å². The minimum absolute atomic E-state index is 0. The number of pyridine rings is 2. The average molecular weight is 493 g/mol. The largest absolute Gasteiger partial charge is 0.330 e. The zero-order valence-corrected chi connectivity index (χ0v) is 19.9. The third-order valence-electron chi connectivity index (χ3n) is 6.08. The van der Waals surface area contributed by atoms with Crippen LogP contribution in [0.3, 0.4) is 0 Å². The number of piperidine rings is 1. The zero-order chi connectivity index (χ0) is 20.5. The fraction of sp³-hybridized carbons (Fsp3) is 0.348. The van der Waals surface area contributed by atoms with Crippen molar-refractivity contribution in [1.29, 1.82) is 0 Å². The molecule has 0 aliphatic carbocycles. The van der Waals surface area contributed by atoms with E-state index in [-0.39, 0.29) is 41.8 Å². The van der Waals surface area contributed by atoms with Crippen LogP contribution in [0.2, 0.25) is 0 Å². The van der Waals surface area contributed by atoms with Gasteiger partial charge in [0.1, 0.15) is 5.56 Å². The Morgan fingerprint density at radius 3 is 2.75 bits per heavy atom. The van der Waals surface area contributed by atoms with Gasteiger partial charge in [0.05, 0.1) is 0 Å². The van der Waals surface area contributed by atoms with Crippen LogP contribution in [0.1, 0.15) is 39.5 Å². The number of nitrogens with zero attached hydrogens (tertiary/aromatic N) is 3. The van der Waals surface area contributed by atoms with E-state index in [2.05, 4.69) is 10.3 Å². The van der Waals surface area contributed by atoms with Gasteiger partial charge in [-0.2, -0.15) is 11.3 Å². The van der Waals surface area contributed by atoms with Gasteiger partial charge in [-0.15, -0.1) is 24.8 Å². The number of amides is 1. The molecule has 0 aromatic carbocycles. The van der Waals surface area contributed by atoms with Crippen LogP contribution < -0.4 is 10.9 Å². The highest BCUT2D eigenvalue weighted by atomic mass is 35.5. The normalized spacial score (nSPS) is 18.6. The van der Waals surface area contributed by atoms with Crippen LogP contribution in [0.25, 0.3) is 0 Å². The minimum atomic E-state index is -0.223. The van der Waals surface area contributed by atoms with Crippen molar-refractivity contribution in [2.45, 2.75) is 32.0 Å². The summed E-state index contributed by atoms with van der Waals surface area (Å²) < 4.78 is 1.85. The number of hydrogen-bond donors (Lipinski definition) is 1. The van der Waals surface area contributed by atoms with E-state index in [4.69, 9.17) is 0 Å². The molecule has 0 radical (unpaired) electrons. The maximum atomic E-state index is 13.5. The highest BCUT2D eigenvalue weighted by molar-refractivity contribution is 7.07. The molecular formula is C23H26Cl2N4O2S. The third kappa shape index (κ3) is 4.91. The molecule has 32 heavy (non-hydrogen) atoms. The molecule has 1 fully saturated rings. The molecule has 0 unspecified atom stereocenters. The van der Waals surface area contributed by atoms with Gasteiger partial charge in [0, 0.05) is 50.2 Å². The van der Waals surface area contributed by atoms with E-state index < -0.39 is 0 Å². The lowest BCUT2D eigenvalue weighted by Gasteiger charge is -2.37. The maximum absolute atomic E-state index is 13.5. The molecule has 6 nitrogen and oxygen atoms in total. The molecule has 5 rings (SSSR count). The van der Waals surface area contributed by atoms with Crippen molar-refractivity contribution < 1.29 is 4.79 Å². The van der Waals surface area contributed by atoms with E-state index in [1.807, 2.05) is 39.6 Å². The predicted molar refractivity (Wildman–Crippen MR) is 131 cm³/mol. The summed E-state index contributed by atoms with van der Waals surface area (Å²) in [7, 11) is 0. The van der Waals surface area contributed by atoms with E-state index in [1.165, 1.54) is 0 Å². The molecule has 1 saturated heterocycles. The molecule has 0 spiro atoms. The predicted octanol–water partition coefficient (Wildman–Crippen LogP) is 3.70. The van der Waals surface area contributed by atoms with Gasteiger partial charge in [-0.05, 0) is 65.0 Å². The Bertz CT molecular complexity index is 1100. The molecule has 170 valence electrons. The summed E-state index contributed by atoms with van der Waals surface area (Å²) in [4.78, 5) is 32.8. The first-order chi connectivity index (χ1) is 14.7. The Kier molecular flexibility index (Phi) is 8.11. The Morgan fingerprint density at radius 2 is 2.00 bits per heavy atom. The molecule has 3 aromatic heterocycles. The Morgan fingerprint density at radius 1 is 1.16 bits per heavy atom. The number of hydrogen-bond acceptors (Lipinski definition) is 5. The van der Waals surface area contributed by atoms with Crippen molar-refractivity contribution in [3.63, 3.8) is 0 Å². The van der Waals surface area contributed by atoms with Crippen LogP contribution in [0.4, 0.5) is 0 Å². The second-order valence-electron chi connectivity index (χ2n) is 8.20. The molecule has 2 aliphatic heterocycles. The van der Waals surface area contributed by atoms with E-state index in [1.54, 1.807) is 34.7 Å². The lowest BCUT2D eigenvalue weighted by molar-refractivity contribution is 0.0726. The minimum Gasteiger partial charge on any atom is -0.330 e. The number of fused-ring (bicyclic) bond motifs is 4. The number of aromatic nitrogens is 2. The first-order valence-corrected chi connectivity index (χ1v) is 11.3. The SMILES string of the molecule is Cl.Cl.O=C(c1ccc2n(c1=O)C[C@@H]1CNC[C@H]2C1)N(Cc1cccnc1)Cc1ccsc1. The fourth-order valence-electron chi connectivity index (χ4n) is 4.64. The Balaban J connectivity index is 0.00000144. The van der Waals surface area contributed by atoms with E-state index in [9.17, 15) is 9.59 Å². The first-order valence-electron chi connectivity index (χ1n) is 10.3. The van der Waals surface area contributed by atoms with E-state index >= 15 is 0 Å². The van der Waals surface area contributed by atoms with Gasteiger partial charge in [-0.25, -0.2) is 0 Å². The second kappa shape index (κ2) is 10.6. The van der Waals surface area contributed by atoms with Gasteiger partial charge >= 0.3 is 0 Å². The maximum Gasteiger partial charge on any atom is 0.263 e. The molecule has 0 saturated carbocycles. The second-order valence-corrected chi connectivity index (χ2v) is 8.98. The van der Waals surface area contributed by atoms with Crippen molar-refractivity contribution in [3.05, 3.63) is 86.2 Å². The van der Waals surface area contributed by atoms with Gasteiger partial charge in [-0.3, -0.25) is 14.6 Å². The molecule has 2 aliphatic rings. The number of rotatable bonds is 5. The highest BCUT2D eigenvalue weighted by Crippen LogP contribution is 2.31.